The number of ether oxygens (including phenoxy) is 8. The van der Waals surface area contributed by atoms with Gasteiger partial charge >= 0.3 is 0 Å². The van der Waals surface area contributed by atoms with Crippen LogP contribution < -0.4 is 0 Å². The first-order chi connectivity index (χ1) is 62.9. The topological polar surface area (TPSA) is 212 Å². The van der Waals surface area contributed by atoms with Crippen LogP contribution in [0.2, 0.25) is 92.2 Å². The van der Waals surface area contributed by atoms with Crippen LogP contribution in [0, 0.1) is 138 Å². The predicted octanol–water partition coefficient (Wildman–Crippen LogP) is 27.0. The largest absolute Gasteiger partial charge is 0.548 e. The molecule has 0 bridgehead atoms. The fourth-order valence-electron chi connectivity index (χ4n) is 34.6. The van der Waals surface area contributed by atoms with Crippen molar-refractivity contribution in [2.75, 3.05) is 0 Å². The molecule has 0 aromatic rings. The van der Waals surface area contributed by atoms with Gasteiger partial charge in [-0.2, -0.15) is 0 Å². The van der Waals surface area contributed by atoms with Gasteiger partial charge in [0.15, 0.2) is 73.8 Å². The van der Waals surface area contributed by atoms with Gasteiger partial charge in [-0.3, -0.25) is 14.4 Å². The van der Waals surface area contributed by atoms with Gasteiger partial charge in [0, 0.05) is 43.4 Å². The zero-order valence-electron chi connectivity index (χ0n) is 94.2. The highest BCUT2D eigenvalue weighted by molar-refractivity contribution is 6.75. The number of carbonyl (C=O) groups is 3. The van der Waals surface area contributed by atoms with Crippen LogP contribution >= 0.6 is 0 Å². The highest BCUT2D eigenvalue weighted by Crippen LogP contribution is 2.76. The van der Waals surface area contributed by atoms with E-state index < -0.39 is 76.9 Å². The van der Waals surface area contributed by atoms with Crippen LogP contribution in [0.5, 0.6) is 0 Å². The van der Waals surface area contributed by atoms with Gasteiger partial charge in [-0.25, -0.2) is 0 Å². The summed E-state index contributed by atoms with van der Waals surface area (Å²) in [4.78, 5) is 37.7. The Morgan fingerprint density at radius 2 is 0.619 bits per heavy atom. The first-order valence-corrected chi connectivity index (χ1v) is 71.1. The van der Waals surface area contributed by atoms with Crippen LogP contribution in [-0.4, -0.2) is 178 Å². The SMILES string of the molecule is C.CC1(C)O[C@@H]2C3C(CC[C@@]4(C)C3CC[C@@H]4O[Si](C)(C)C(C)(C)C)[C@@]3(C)C=CC(=O)CC3[C@H]2O1.CC1(C)O[C@@H]2C3C(CC[C@@]4(C)C3CC[C@@H]4O[Si](C)(C)C(C)(C)C)[C@@]3(C)CC(=O)C(=O)CC3[C@H]2O1.CC1(C)O[C@@H]2C3C(CC[C@@]4(C)C3CC[C@@H]4O[Si](C)(C)C(C)(C)C)[C@@]3(C)CC=C(O[Si](C)(C)C)CC3[C@H]2O1.CC1(C)O[C@@H]2C3C(CC[C@@]4(C)C3CC[C@@H]4O[Si](C)(C)C(C)(C)C)[C@@]3(C)C[C@@H](O)[C@H](O)CC3[C@H]2O1. The van der Waals surface area contributed by atoms with E-state index in [0.717, 1.165) is 57.8 Å². The third-order valence-corrected chi connectivity index (χ3v) is 64.7. The Morgan fingerprint density at radius 3 is 0.964 bits per heavy atom. The number of Topliss-reactive ketones (excluding diaryl/α,β-unsaturated/α-hetero) is 2. The maximum atomic E-state index is 12.7. The van der Waals surface area contributed by atoms with E-state index in [9.17, 15) is 24.6 Å². The van der Waals surface area contributed by atoms with Crippen molar-refractivity contribution >= 4 is 58.9 Å². The summed E-state index contributed by atoms with van der Waals surface area (Å²) in [7, 11) is -9.06. The Morgan fingerprint density at radius 1 is 0.324 bits per heavy atom. The van der Waals surface area contributed by atoms with Crippen LogP contribution in [0.15, 0.2) is 24.0 Å². The molecule has 0 amide bonds. The second kappa shape index (κ2) is 35.7. The first-order valence-electron chi connectivity index (χ1n) is 56.0. The van der Waals surface area contributed by atoms with Gasteiger partial charge < -0.3 is 70.2 Å². The molecule has 0 radical (unpaired) electrons. The average molecular weight is 2030 g/mol. The quantitative estimate of drug-likeness (QED) is 0.154. The summed E-state index contributed by atoms with van der Waals surface area (Å²) in [5.41, 5.74) is 0.716. The van der Waals surface area contributed by atoms with Crippen molar-refractivity contribution in [3.8, 4) is 0 Å². The Hall–Kier alpha value is -1.19. The van der Waals surface area contributed by atoms with Gasteiger partial charge in [0.25, 0.3) is 0 Å². The van der Waals surface area contributed by atoms with Crippen molar-refractivity contribution < 1.29 is 84.6 Å². The molecule has 18 nitrogen and oxygen atoms in total. The minimum Gasteiger partial charge on any atom is -0.548 e. The number of carbonyl (C=O) groups excluding carboxylic acids is 3. The second-order valence-electron chi connectivity index (χ2n) is 60.8. The molecule has 794 valence electrons. The summed E-state index contributed by atoms with van der Waals surface area (Å²) in [5, 5.41) is 22.2. The van der Waals surface area contributed by atoms with Gasteiger partial charge in [-0.05, 0) is 402 Å². The van der Waals surface area contributed by atoms with Gasteiger partial charge in [-0.1, -0.05) is 152 Å². The highest BCUT2D eigenvalue weighted by atomic mass is 28.4. The molecule has 20 aliphatic rings. The van der Waals surface area contributed by atoms with Crippen LogP contribution in [0.3, 0.4) is 0 Å². The summed E-state index contributed by atoms with van der Waals surface area (Å²) < 4.78 is 88.7. The molecule has 20 rings (SSSR count). The van der Waals surface area contributed by atoms with Crippen molar-refractivity contribution in [2.45, 2.75) is 550 Å². The number of aliphatic hydroxyl groups excluding tert-OH is 2. The fourth-order valence-corrected chi connectivity index (χ4v) is 41.4. The number of hydrogen-bond donors (Lipinski definition) is 2. The van der Waals surface area contributed by atoms with Crippen molar-refractivity contribution in [3.05, 3.63) is 24.0 Å². The zero-order chi connectivity index (χ0) is 102. The van der Waals surface area contributed by atoms with Crippen molar-refractivity contribution in [3.63, 3.8) is 0 Å². The molecular formula is C116H202O18Si5. The average Bonchev–Trinajstić information content (AvgIpc) is 1.57. The Kier molecular flexibility index (Phi) is 28.4. The molecule has 14 saturated carbocycles. The lowest BCUT2D eigenvalue weighted by atomic mass is 9.43. The standard InChI is InChI=1S/C31H56O4Si2.C28H50O5Si.C28H46O5Si.C28H46O4Si.CH4/c1-28(2,3)37(11,12)35-24-14-13-21-25-22(16-18-31(21,24)7)30(6)17-15-20(34-36(8,9)10)19-23(30)26-27(25)33-29(4,5)32-26;2*1-25(2,3)34(8,9)33-21-11-10-16-22-17(12-13-27(16,21)6)28(7)15-20(30)19(29)14-18(28)23-24(22)32-26(4,5)31-23;1-25(2,3)33(8,9)32-21-11-10-18-22-19(13-15-28(18,21)7)27(6)14-12-17(29)16-20(27)23-24(22)31-26(4,5)30-23;/h15,21-27H,13-14,16-19H2,1-12H3;16-24,29-30H,10-15H2,1-9H3;16-18,21-24H,10-15H2,1-9H3;12,14,18-24H,10-11,13,15-16H2,1-9H3;1H4/t21?,22?,23?,24-,25?,26+,27+,30+,31-;16?,17?,18?,19-,20-,21+,22?,23-,24-,27+,28-;16?,17?,18?,21-,22?,23+,24+,27-,28+;18?,19?,20?,21-,22?,23+,24+,27+,28-;/m0100./s1. The van der Waals surface area contributed by atoms with E-state index in [4.69, 9.17) is 60.0 Å². The third kappa shape index (κ3) is 18.6. The summed E-state index contributed by atoms with van der Waals surface area (Å²) in [6, 6.07) is 0. The highest BCUT2D eigenvalue weighted by Gasteiger charge is 2.76. The van der Waals surface area contributed by atoms with Crippen molar-refractivity contribution in [1.82, 2.24) is 0 Å². The molecule has 16 unspecified atom stereocenters. The molecule has 16 aliphatic carbocycles. The van der Waals surface area contributed by atoms with Crippen molar-refractivity contribution in [1.29, 1.82) is 0 Å². The molecule has 0 aromatic carbocycles. The van der Waals surface area contributed by atoms with Crippen LogP contribution in [0.25, 0.3) is 0 Å². The molecule has 4 saturated heterocycles. The number of hydrogen-bond acceptors (Lipinski definition) is 18. The van der Waals surface area contributed by atoms with Crippen LogP contribution in [0.1, 0.15) is 349 Å². The lowest BCUT2D eigenvalue weighted by molar-refractivity contribution is -0.210. The smallest absolute Gasteiger partial charge is 0.241 e. The van der Waals surface area contributed by atoms with Crippen LogP contribution in [0.4, 0.5) is 0 Å². The van der Waals surface area contributed by atoms with Crippen LogP contribution in [-0.2, 0) is 74.4 Å². The monoisotopic (exact) mass is 2020 g/mol. The fraction of sp³-hybridized carbons (Fsp3) is 0.940. The molecule has 23 heteroatoms. The molecule has 4 aliphatic heterocycles. The van der Waals surface area contributed by atoms with Gasteiger partial charge in [0.2, 0.25) is 8.32 Å². The Bertz CT molecular complexity index is 4620. The predicted molar refractivity (Wildman–Crippen MR) is 566 cm³/mol. The van der Waals surface area contributed by atoms with E-state index in [2.05, 4.69) is 250 Å². The Balaban J connectivity index is 0.000000134. The molecule has 18 fully saturated rings. The number of allylic oxidation sites excluding steroid dienone is 4. The second-order valence-corrected chi connectivity index (χ2v) is 84.2. The van der Waals surface area contributed by atoms with E-state index >= 15 is 0 Å². The zero-order valence-corrected chi connectivity index (χ0v) is 99.2. The van der Waals surface area contributed by atoms with Gasteiger partial charge in [0.1, 0.15) is 0 Å². The molecular weight excluding hydrogens is 1820 g/mol. The number of rotatable bonds is 10. The number of fused-ring (bicyclic) bond motifs is 32. The lowest BCUT2D eigenvalue weighted by Gasteiger charge is -2.63. The number of ketones is 3. The lowest BCUT2D eigenvalue weighted by Crippen LogP contribution is -2.65. The van der Waals surface area contributed by atoms with Gasteiger partial charge in [0.05, 0.1) is 91.2 Å². The summed E-state index contributed by atoms with van der Waals surface area (Å²) in [6.07, 6.45) is 30.6. The Labute approximate surface area is 849 Å². The minimum absolute atomic E-state index is 0. The maximum Gasteiger partial charge on any atom is 0.241 e. The molecule has 38 atom stereocenters. The molecule has 2 N–H and O–H groups in total. The van der Waals surface area contributed by atoms with E-state index in [1.165, 1.54) is 63.5 Å². The molecule has 4 heterocycles. The van der Waals surface area contributed by atoms with E-state index in [1.54, 1.807) is 0 Å². The molecule has 0 spiro atoms. The molecule has 139 heavy (non-hydrogen) atoms. The van der Waals surface area contributed by atoms with Gasteiger partial charge in [-0.15, -0.1) is 0 Å². The number of aliphatic hydroxyl groups is 2. The van der Waals surface area contributed by atoms with E-state index in [0.29, 0.717) is 127 Å². The third-order valence-electron chi connectivity index (χ3n) is 45.9. The normalized spacial score (nSPS) is 48.3. The van der Waals surface area contributed by atoms with Crippen molar-refractivity contribution in [2.24, 2.45) is 138 Å². The minimum atomic E-state index is -1.88. The summed E-state index contributed by atoms with van der Waals surface area (Å²) in [5.74, 6) is 5.82. The summed E-state index contributed by atoms with van der Waals surface area (Å²) >= 11 is 0. The molecule has 0 aromatic heterocycles. The van der Waals surface area contributed by atoms with E-state index in [1.807, 2.05) is 33.8 Å². The maximum absolute atomic E-state index is 12.7. The van der Waals surface area contributed by atoms with E-state index in [-0.39, 0.29) is 161 Å². The summed E-state index contributed by atoms with van der Waals surface area (Å²) in [6.45, 7) is 90.5. The first kappa shape index (κ1) is 110.